The zero-order valence-corrected chi connectivity index (χ0v) is 27.3. The molecule has 240 valence electrons. The smallest absolute Gasteiger partial charge is 0.135 e. The number of H-pyrrole nitrogens is 2. The number of hydrogen-bond donors (Lipinski definition) is 3. The lowest BCUT2D eigenvalue weighted by Crippen LogP contribution is -2.20. The van der Waals surface area contributed by atoms with Gasteiger partial charge in [-0.3, -0.25) is 15.1 Å². The predicted molar refractivity (Wildman–Crippen MR) is 188 cm³/mol. The van der Waals surface area contributed by atoms with Gasteiger partial charge in [0, 0.05) is 40.1 Å². The summed E-state index contributed by atoms with van der Waals surface area (Å²) in [7, 11) is 0. The summed E-state index contributed by atoms with van der Waals surface area (Å²) in [5.74, 6) is -0.240. The number of likely N-dealkylation sites (tertiary alicyclic amines) is 1. The van der Waals surface area contributed by atoms with Gasteiger partial charge in [0.15, 0.2) is 0 Å². The Kier molecular flexibility index (Phi) is 8.32. The van der Waals surface area contributed by atoms with Gasteiger partial charge in [-0.25, -0.2) is 9.37 Å². The van der Waals surface area contributed by atoms with Crippen molar-refractivity contribution < 1.29 is 4.39 Å². The molecule has 0 unspecified atom stereocenters. The number of aromatic nitrogens is 6. The molecular formula is C38H41FN8. The first-order valence-electron chi connectivity index (χ1n) is 16.4. The predicted octanol–water partition coefficient (Wildman–Crippen LogP) is 8.76. The lowest BCUT2D eigenvalue weighted by Gasteiger charge is -2.20. The summed E-state index contributed by atoms with van der Waals surface area (Å²) < 4.78 is 14.9. The Morgan fingerprint density at radius 1 is 0.979 bits per heavy atom. The van der Waals surface area contributed by atoms with Crippen LogP contribution in [0.4, 0.5) is 10.1 Å². The molecule has 0 amide bonds. The third-order valence-electron chi connectivity index (χ3n) is 8.68. The Morgan fingerprint density at radius 3 is 2.66 bits per heavy atom. The summed E-state index contributed by atoms with van der Waals surface area (Å²) in [5, 5.41) is 12.1. The van der Waals surface area contributed by atoms with E-state index in [-0.39, 0.29) is 11.2 Å². The third-order valence-corrected chi connectivity index (χ3v) is 8.68. The second-order valence-electron chi connectivity index (χ2n) is 13.9. The average molecular weight is 629 g/mol. The van der Waals surface area contributed by atoms with Crippen LogP contribution in [0.2, 0.25) is 0 Å². The molecule has 1 fully saturated rings. The van der Waals surface area contributed by atoms with Crippen molar-refractivity contribution in [3.8, 4) is 33.9 Å². The average Bonchev–Trinajstić information content (AvgIpc) is 3.79. The quantitative estimate of drug-likeness (QED) is 0.140. The van der Waals surface area contributed by atoms with Crippen LogP contribution in [0.1, 0.15) is 52.0 Å². The molecule has 0 bridgehead atoms. The van der Waals surface area contributed by atoms with E-state index in [0.29, 0.717) is 5.69 Å². The van der Waals surface area contributed by atoms with Crippen LogP contribution in [0.3, 0.4) is 0 Å². The number of aryl methyl sites for hydroxylation is 1. The van der Waals surface area contributed by atoms with E-state index in [2.05, 4.69) is 63.8 Å². The summed E-state index contributed by atoms with van der Waals surface area (Å²) in [6.45, 7) is 14.2. The number of rotatable bonds is 10. The molecular weight excluding hydrogens is 587 g/mol. The molecule has 0 radical (unpaired) electrons. The van der Waals surface area contributed by atoms with Gasteiger partial charge >= 0.3 is 0 Å². The first-order chi connectivity index (χ1) is 22.7. The van der Waals surface area contributed by atoms with Crippen LogP contribution in [-0.4, -0.2) is 54.7 Å². The van der Waals surface area contributed by atoms with Gasteiger partial charge in [-0.1, -0.05) is 27.4 Å². The number of anilines is 1. The van der Waals surface area contributed by atoms with Crippen LogP contribution in [0.25, 0.3) is 55.8 Å². The van der Waals surface area contributed by atoms with Gasteiger partial charge in [-0.05, 0) is 111 Å². The van der Waals surface area contributed by atoms with Crippen LogP contribution < -0.4 is 5.32 Å². The molecule has 47 heavy (non-hydrogen) atoms. The molecule has 9 heteroatoms. The highest BCUT2D eigenvalue weighted by Crippen LogP contribution is 2.34. The topological polar surface area (TPSA) is 98.4 Å². The number of halogens is 1. The fourth-order valence-electron chi connectivity index (χ4n) is 6.64. The van der Waals surface area contributed by atoms with Crippen LogP contribution >= 0.6 is 0 Å². The largest absolute Gasteiger partial charge is 0.358 e. The fourth-order valence-corrected chi connectivity index (χ4v) is 6.64. The highest BCUT2D eigenvalue weighted by Gasteiger charge is 2.18. The van der Waals surface area contributed by atoms with E-state index >= 15 is 0 Å². The Bertz CT molecular complexity index is 2060. The minimum absolute atomic E-state index is 0.131. The molecule has 0 spiro atoms. The number of aromatic amines is 2. The van der Waals surface area contributed by atoms with E-state index in [4.69, 9.17) is 9.97 Å². The summed E-state index contributed by atoms with van der Waals surface area (Å²) in [6.07, 6.45) is 10.6. The van der Waals surface area contributed by atoms with Gasteiger partial charge in [0.1, 0.15) is 17.0 Å². The fraction of sp³-hybridized carbons (Fsp3) is 0.316. The maximum Gasteiger partial charge on any atom is 0.135 e. The summed E-state index contributed by atoms with van der Waals surface area (Å²) in [6, 6.07) is 15.3. The van der Waals surface area contributed by atoms with Crippen molar-refractivity contribution in [1.29, 1.82) is 0 Å². The molecule has 1 saturated heterocycles. The van der Waals surface area contributed by atoms with E-state index in [1.807, 2.05) is 36.5 Å². The van der Waals surface area contributed by atoms with Crippen molar-refractivity contribution in [2.24, 2.45) is 5.41 Å². The lowest BCUT2D eigenvalue weighted by molar-refractivity contribution is 0.334. The van der Waals surface area contributed by atoms with Gasteiger partial charge in [0.05, 0.1) is 34.5 Å². The highest BCUT2D eigenvalue weighted by molar-refractivity contribution is 5.99. The normalized spacial score (nSPS) is 14.0. The molecule has 0 saturated carbocycles. The number of nitrogens with one attached hydrogen (secondary N) is 3. The van der Waals surface area contributed by atoms with Gasteiger partial charge in [-0.15, -0.1) is 0 Å². The van der Waals surface area contributed by atoms with Gasteiger partial charge in [-0.2, -0.15) is 5.10 Å². The number of allylic oxidation sites excluding steroid dienone is 1. The van der Waals surface area contributed by atoms with Gasteiger partial charge in [0.25, 0.3) is 0 Å². The van der Waals surface area contributed by atoms with Crippen molar-refractivity contribution in [3.63, 3.8) is 0 Å². The summed E-state index contributed by atoms with van der Waals surface area (Å²) in [5.41, 5.74) is 10.1. The monoisotopic (exact) mass is 628 g/mol. The zero-order chi connectivity index (χ0) is 32.5. The van der Waals surface area contributed by atoms with E-state index in [1.54, 1.807) is 24.5 Å². The number of fused-ring (bicyclic) bond motifs is 2. The molecule has 1 aliphatic heterocycles. The Labute approximate surface area is 274 Å². The maximum absolute atomic E-state index is 14.9. The van der Waals surface area contributed by atoms with Crippen LogP contribution in [-0.2, 0) is 6.42 Å². The summed E-state index contributed by atoms with van der Waals surface area (Å²) >= 11 is 0. The number of nitrogens with zero attached hydrogens (tertiary/aromatic N) is 5. The van der Waals surface area contributed by atoms with E-state index in [0.717, 1.165) is 92.9 Å². The standard InChI is InChI=1S/C38H41FN8/c1-24(21-38(2,3)4)42-29-19-27(22-40-23-29)31-9-10-33-36(44-31)37(46-45-33)34-20-30-32(43-34)11-12-41-35(30)26-16-25(17-28(39)18-26)8-7-15-47-13-5-6-14-47/h9-12,16-20,22-23,42-43H,1,5-8,13-15,21H2,2-4H3,(H,45,46). The Balaban J connectivity index is 1.17. The summed E-state index contributed by atoms with van der Waals surface area (Å²) in [4.78, 5) is 20.2. The molecule has 3 N–H and O–H groups in total. The number of hydrogen-bond acceptors (Lipinski definition) is 6. The second kappa shape index (κ2) is 12.7. The number of benzene rings is 1. The van der Waals surface area contributed by atoms with Crippen LogP contribution in [0, 0.1) is 11.2 Å². The molecule has 0 atom stereocenters. The van der Waals surface area contributed by atoms with Gasteiger partial charge < -0.3 is 15.2 Å². The van der Waals surface area contributed by atoms with Crippen molar-refractivity contribution in [2.75, 3.05) is 25.0 Å². The Morgan fingerprint density at radius 2 is 1.83 bits per heavy atom. The SMILES string of the molecule is C=C(CC(C)(C)C)Nc1cncc(-c2ccc3[nH]nc(-c4cc5c(-c6cc(F)cc(CCCN7CCCC7)c6)nccc5[nH]4)c3n2)c1. The lowest BCUT2D eigenvalue weighted by atomic mass is 9.91. The van der Waals surface area contributed by atoms with E-state index in [9.17, 15) is 4.39 Å². The first kappa shape index (κ1) is 30.7. The third kappa shape index (κ3) is 6.95. The zero-order valence-electron chi connectivity index (χ0n) is 27.3. The maximum atomic E-state index is 14.9. The molecule has 1 aromatic carbocycles. The number of pyridine rings is 3. The van der Waals surface area contributed by atoms with E-state index in [1.165, 1.54) is 25.9 Å². The highest BCUT2D eigenvalue weighted by atomic mass is 19.1. The molecule has 6 heterocycles. The van der Waals surface area contributed by atoms with Crippen molar-refractivity contribution >= 4 is 27.6 Å². The van der Waals surface area contributed by atoms with Gasteiger partial charge in [0.2, 0.25) is 0 Å². The molecule has 8 nitrogen and oxygen atoms in total. The minimum atomic E-state index is -0.240. The Hall–Kier alpha value is -4.89. The van der Waals surface area contributed by atoms with Crippen LogP contribution in [0.5, 0.6) is 0 Å². The molecule has 6 aromatic rings. The minimum Gasteiger partial charge on any atom is -0.358 e. The first-order valence-corrected chi connectivity index (χ1v) is 16.4. The van der Waals surface area contributed by atoms with E-state index < -0.39 is 0 Å². The molecule has 1 aliphatic rings. The van der Waals surface area contributed by atoms with Crippen LogP contribution in [0.15, 0.2) is 79.4 Å². The second-order valence-corrected chi connectivity index (χ2v) is 13.9. The molecule has 5 aromatic heterocycles. The van der Waals surface area contributed by atoms with Crippen molar-refractivity contribution in [3.05, 3.63) is 90.8 Å². The van der Waals surface area contributed by atoms with Crippen molar-refractivity contribution in [1.82, 2.24) is 35.0 Å². The van der Waals surface area contributed by atoms with Crippen molar-refractivity contribution in [2.45, 2.75) is 52.9 Å². The molecule has 7 rings (SSSR count). The molecule has 0 aliphatic carbocycles.